The van der Waals surface area contributed by atoms with Crippen LogP contribution in [0.3, 0.4) is 0 Å². The molecule has 1 amide bonds. The van der Waals surface area contributed by atoms with Gasteiger partial charge in [0.05, 0.1) is 13.2 Å². The zero-order valence-corrected chi connectivity index (χ0v) is 9.23. The fraction of sp³-hybridized carbons (Fsp3) is 0.700. The highest BCUT2D eigenvalue weighted by Crippen LogP contribution is 2.19. The molecule has 1 aliphatic heterocycles. The van der Waals surface area contributed by atoms with Gasteiger partial charge in [0.25, 0.3) is 0 Å². The van der Waals surface area contributed by atoms with Crippen LogP contribution in [0.25, 0.3) is 0 Å². The van der Waals surface area contributed by atoms with Crippen LogP contribution in [0.15, 0.2) is 12.3 Å². The van der Waals surface area contributed by atoms with Crippen molar-refractivity contribution in [3.8, 4) is 0 Å². The number of aliphatic hydroxyl groups excluding tert-OH is 1. The van der Waals surface area contributed by atoms with Gasteiger partial charge in [0.1, 0.15) is 11.2 Å². The fourth-order valence-corrected chi connectivity index (χ4v) is 1.18. The van der Waals surface area contributed by atoms with E-state index in [9.17, 15) is 9.90 Å². The second-order valence-electron chi connectivity index (χ2n) is 4.69. The van der Waals surface area contributed by atoms with E-state index in [1.807, 2.05) is 0 Å². The van der Waals surface area contributed by atoms with Crippen molar-refractivity contribution in [2.24, 2.45) is 0 Å². The van der Waals surface area contributed by atoms with Crippen LogP contribution in [0.4, 0.5) is 4.79 Å². The number of hydrogen-bond donors (Lipinski definition) is 2. The highest BCUT2D eigenvalue weighted by atomic mass is 16.6. The number of amides is 1. The van der Waals surface area contributed by atoms with Gasteiger partial charge in [0, 0.05) is 6.20 Å². The Morgan fingerprint density at radius 2 is 2.20 bits per heavy atom. The van der Waals surface area contributed by atoms with E-state index < -0.39 is 23.9 Å². The maximum Gasteiger partial charge on any atom is 0.414 e. The number of carbonyl (C=O) groups excluding carboxylic acids is 1. The molecule has 0 aliphatic carbocycles. The summed E-state index contributed by atoms with van der Waals surface area (Å²) < 4.78 is 5.10. The van der Waals surface area contributed by atoms with Gasteiger partial charge in [-0.1, -0.05) is 0 Å². The predicted octanol–water partition coefficient (Wildman–Crippen LogP) is 0.474. The van der Waals surface area contributed by atoms with Gasteiger partial charge in [-0.25, -0.2) is 4.79 Å². The zero-order valence-electron chi connectivity index (χ0n) is 9.23. The quantitative estimate of drug-likeness (QED) is 0.667. The van der Waals surface area contributed by atoms with Crippen molar-refractivity contribution in [3.05, 3.63) is 12.3 Å². The minimum atomic E-state index is -1.34. The monoisotopic (exact) mass is 215 g/mol. The first kappa shape index (κ1) is 12.0. The molecule has 15 heavy (non-hydrogen) atoms. The van der Waals surface area contributed by atoms with Crippen LogP contribution in [0.5, 0.6) is 0 Å². The molecular formula is C10H17NO4. The van der Waals surface area contributed by atoms with E-state index in [4.69, 9.17) is 9.84 Å². The first-order chi connectivity index (χ1) is 6.76. The molecule has 0 bridgehead atoms. The molecule has 0 aromatic heterocycles. The van der Waals surface area contributed by atoms with Crippen LogP contribution in [0.2, 0.25) is 0 Å². The molecule has 0 spiro atoms. The van der Waals surface area contributed by atoms with Crippen LogP contribution in [-0.2, 0) is 4.74 Å². The molecule has 86 valence electrons. The van der Waals surface area contributed by atoms with Gasteiger partial charge in [0.2, 0.25) is 0 Å². The Hall–Kier alpha value is -1.07. The molecule has 0 saturated carbocycles. The molecule has 0 fully saturated rings. The van der Waals surface area contributed by atoms with E-state index >= 15 is 0 Å². The minimum absolute atomic E-state index is 0.0262. The first-order valence-corrected chi connectivity index (χ1v) is 4.78. The maximum absolute atomic E-state index is 11.5. The van der Waals surface area contributed by atoms with E-state index in [0.717, 1.165) is 0 Å². The largest absolute Gasteiger partial charge is 0.443 e. The summed E-state index contributed by atoms with van der Waals surface area (Å²) in [6.07, 6.45) is 2.28. The van der Waals surface area contributed by atoms with Crippen molar-refractivity contribution in [1.82, 2.24) is 4.90 Å². The van der Waals surface area contributed by atoms with Gasteiger partial charge in [0.15, 0.2) is 0 Å². The minimum Gasteiger partial charge on any atom is -0.443 e. The molecule has 5 heteroatoms. The smallest absolute Gasteiger partial charge is 0.414 e. The Morgan fingerprint density at radius 1 is 1.60 bits per heavy atom. The number of aliphatic hydroxyl groups is 2. The van der Waals surface area contributed by atoms with E-state index in [1.165, 1.54) is 17.2 Å². The Balaban J connectivity index is 2.56. The van der Waals surface area contributed by atoms with Gasteiger partial charge in [-0.15, -0.1) is 0 Å². The van der Waals surface area contributed by atoms with Gasteiger partial charge < -0.3 is 14.9 Å². The summed E-state index contributed by atoms with van der Waals surface area (Å²) in [5, 5.41) is 18.5. The molecule has 0 radical (unpaired) electrons. The van der Waals surface area contributed by atoms with Crippen molar-refractivity contribution in [1.29, 1.82) is 0 Å². The van der Waals surface area contributed by atoms with Crippen molar-refractivity contribution in [2.75, 3.05) is 13.2 Å². The van der Waals surface area contributed by atoms with Crippen LogP contribution in [0.1, 0.15) is 20.8 Å². The second-order valence-corrected chi connectivity index (χ2v) is 4.69. The van der Waals surface area contributed by atoms with Crippen LogP contribution < -0.4 is 0 Å². The number of hydrogen-bond acceptors (Lipinski definition) is 4. The fourth-order valence-electron chi connectivity index (χ4n) is 1.18. The normalized spacial score (nSPS) is 25.8. The van der Waals surface area contributed by atoms with Crippen molar-refractivity contribution in [2.45, 2.75) is 32.0 Å². The number of carbonyl (C=O) groups is 1. The molecule has 1 unspecified atom stereocenters. The lowest BCUT2D eigenvalue weighted by molar-refractivity contribution is 0.00247. The average molecular weight is 215 g/mol. The zero-order chi connectivity index (χ0) is 11.7. The molecular weight excluding hydrogens is 198 g/mol. The third-order valence-electron chi connectivity index (χ3n) is 1.91. The maximum atomic E-state index is 11.5. The Labute approximate surface area is 89.0 Å². The van der Waals surface area contributed by atoms with E-state index in [-0.39, 0.29) is 6.54 Å². The lowest BCUT2D eigenvalue weighted by atomic mass is 10.1. The van der Waals surface area contributed by atoms with Crippen LogP contribution in [0, 0.1) is 0 Å². The summed E-state index contributed by atoms with van der Waals surface area (Å²) in [7, 11) is 0. The van der Waals surface area contributed by atoms with Gasteiger partial charge in [-0.3, -0.25) is 4.90 Å². The van der Waals surface area contributed by atoms with Gasteiger partial charge in [-0.2, -0.15) is 0 Å². The van der Waals surface area contributed by atoms with E-state index in [1.54, 1.807) is 20.8 Å². The SMILES string of the molecule is CC(C)(C)OC(=O)N1C=CC(O)(CO)C1. The number of rotatable bonds is 1. The number of ether oxygens (including phenoxy) is 1. The summed E-state index contributed by atoms with van der Waals surface area (Å²) in [4.78, 5) is 12.8. The molecule has 1 rings (SSSR count). The Kier molecular flexibility index (Phi) is 3.06. The summed E-state index contributed by atoms with van der Waals surface area (Å²) in [6.45, 7) is 4.91. The van der Waals surface area contributed by atoms with Crippen LogP contribution in [-0.4, -0.2) is 45.6 Å². The third kappa shape index (κ3) is 3.21. The Bertz CT molecular complexity index is 282. The lowest BCUT2D eigenvalue weighted by Gasteiger charge is -2.25. The summed E-state index contributed by atoms with van der Waals surface area (Å²) in [5.41, 5.74) is -1.90. The molecule has 1 atom stereocenters. The second kappa shape index (κ2) is 3.83. The first-order valence-electron chi connectivity index (χ1n) is 4.78. The van der Waals surface area contributed by atoms with E-state index in [0.29, 0.717) is 0 Å². The molecule has 1 heterocycles. The highest BCUT2D eigenvalue weighted by molar-refractivity contribution is 5.70. The van der Waals surface area contributed by atoms with E-state index in [2.05, 4.69) is 0 Å². The number of nitrogens with zero attached hydrogens (tertiary/aromatic N) is 1. The van der Waals surface area contributed by atoms with Crippen molar-refractivity contribution in [3.63, 3.8) is 0 Å². The molecule has 0 saturated heterocycles. The summed E-state index contributed by atoms with van der Waals surface area (Å²) >= 11 is 0. The van der Waals surface area contributed by atoms with Crippen molar-refractivity contribution < 1.29 is 19.7 Å². The Morgan fingerprint density at radius 3 is 2.60 bits per heavy atom. The van der Waals surface area contributed by atoms with Crippen LogP contribution >= 0.6 is 0 Å². The summed E-state index contributed by atoms with van der Waals surface area (Å²) in [6, 6.07) is 0. The molecule has 1 aliphatic rings. The topological polar surface area (TPSA) is 70.0 Å². The molecule has 2 N–H and O–H groups in total. The standard InChI is InChI=1S/C10H17NO4/c1-9(2,3)15-8(13)11-5-4-10(14,6-11)7-12/h4-5,12,14H,6-7H2,1-3H3. The molecule has 0 aromatic rings. The average Bonchev–Trinajstić information content (AvgIpc) is 2.46. The highest BCUT2D eigenvalue weighted by Gasteiger charge is 2.34. The number of β-amino-alcohol motifs (C(OH)–C–C–N with tert-alkyl or cyclic N) is 1. The molecule has 5 nitrogen and oxygen atoms in total. The molecule has 0 aromatic carbocycles. The van der Waals surface area contributed by atoms with Crippen molar-refractivity contribution >= 4 is 6.09 Å². The predicted molar refractivity (Wildman–Crippen MR) is 54.1 cm³/mol. The summed E-state index contributed by atoms with van der Waals surface area (Å²) in [5.74, 6) is 0. The van der Waals surface area contributed by atoms with Gasteiger partial charge >= 0.3 is 6.09 Å². The lowest BCUT2D eigenvalue weighted by Crippen LogP contribution is -2.41. The third-order valence-corrected chi connectivity index (χ3v) is 1.91. The van der Waals surface area contributed by atoms with Gasteiger partial charge in [-0.05, 0) is 26.8 Å².